The van der Waals surface area contributed by atoms with Crippen molar-refractivity contribution in [3.63, 3.8) is 0 Å². The summed E-state index contributed by atoms with van der Waals surface area (Å²) in [6, 6.07) is 8.34. The average molecular weight is 432 g/mol. The SMILES string of the molecule is CC1CC2C1CC(c1ncc(-c3ccc(Br)cc3)[nH]1)N2C(=O)OC(C)(C)C. The van der Waals surface area contributed by atoms with E-state index in [0.717, 1.165) is 34.4 Å². The van der Waals surface area contributed by atoms with Gasteiger partial charge in [0.25, 0.3) is 0 Å². The Kier molecular flexibility index (Phi) is 4.57. The number of H-pyrrole nitrogens is 1. The molecular formula is C21H26BrN3O2. The van der Waals surface area contributed by atoms with Crippen molar-refractivity contribution in [3.05, 3.63) is 40.8 Å². The van der Waals surface area contributed by atoms with Gasteiger partial charge in [-0.05, 0) is 63.1 Å². The molecule has 1 saturated carbocycles. The maximum atomic E-state index is 12.9. The zero-order chi connectivity index (χ0) is 19.3. The molecule has 144 valence electrons. The average Bonchev–Trinajstić information content (AvgIpc) is 3.16. The van der Waals surface area contributed by atoms with Crippen LogP contribution in [0.15, 0.2) is 34.9 Å². The number of carbonyl (C=O) groups is 1. The topological polar surface area (TPSA) is 58.2 Å². The monoisotopic (exact) mass is 431 g/mol. The predicted octanol–water partition coefficient (Wildman–Crippen LogP) is 5.55. The number of ether oxygens (including phenoxy) is 1. The number of hydrogen-bond donors (Lipinski definition) is 1. The Morgan fingerprint density at radius 1 is 1.26 bits per heavy atom. The van der Waals surface area contributed by atoms with Gasteiger partial charge in [-0.1, -0.05) is 35.0 Å². The largest absolute Gasteiger partial charge is 0.444 e. The molecule has 1 aromatic carbocycles. The van der Waals surface area contributed by atoms with Crippen molar-refractivity contribution in [2.45, 2.75) is 58.2 Å². The number of aromatic amines is 1. The minimum absolute atomic E-state index is 0.0519. The van der Waals surface area contributed by atoms with Gasteiger partial charge in [-0.15, -0.1) is 0 Å². The Hall–Kier alpha value is -1.82. The fraction of sp³-hybridized carbons (Fsp3) is 0.524. The number of likely N-dealkylation sites (tertiary alicyclic amines) is 1. The number of fused-ring (bicyclic) bond motifs is 1. The van der Waals surface area contributed by atoms with Crippen LogP contribution in [0.2, 0.25) is 0 Å². The molecule has 1 amide bonds. The Labute approximate surface area is 168 Å². The first-order valence-electron chi connectivity index (χ1n) is 9.55. The second-order valence-corrected chi connectivity index (χ2v) is 9.69. The lowest BCUT2D eigenvalue weighted by Crippen LogP contribution is -2.49. The van der Waals surface area contributed by atoms with E-state index in [1.165, 1.54) is 0 Å². The van der Waals surface area contributed by atoms with Crippen LogP contribution in [-0.2, 0) is 4.74 Å². The van der Waals surface area contributed by atoms with Gasteiger partial charge in [0.2, 0.25) is 0 Å². The summed E-state index contributed by atoms with van der Waals surface area (Å²) in [5.74, 6) is 2.02. The van der Waals surface area contributed by atoms with Gasteiger partial charge >= 0.3 is 6.09 Å². The van der Waals surface area contributed by atoms with Gasteiger partial charge in [-0.2, -0.15) is 0 Å². The van der Waals surface area contributed by atoms with Crippen LogP contribution in [0.3, 0.4) is 0 Å². The molecule has 1 N–H and O–H groups in total. The summed E-state index contributed by atoms with van der Waals surface area (Å²) in [5, 5.41) is 0. The lowest BCUT2D eigenvalue weighted by atomic mass is 9.70. The first kappa shape index (κ1) is 18.5. The molecule has 2 aromatic rings. The molecular weight excluding hydrogens is 406 g/mol. The number of amides is 1. The molecule has 0 spiro atoms. The summed E-state index contributed by atoms with van der Waals surface area (Å²) in [5.41, 5.74) is 1.55. The molecule has 4 unspecified atom stereocenters. The van der Waals surface area contributed by atoms with E-state index in [9.17, 15) is 4.79 Å². The highest BCUT2D eigenvalue weighted by Crippen LogP contribution is 2.52. The highest BCUT2D eigenvalue weighted by atomic mass is 79.9. The summed E-state index contributed by atoms with van der Waals surface area (Å²) in [4.78, 5) is 22.9. The number of halogens is 1. The van der Waals surface area contributed by atoms with Crippen LogP contribution in [0, 0.1) is 11.8 Å². The van der Waals surface area contributed by atoms with E-state index in [1.807, 2.05) is 56.1 Å². The van der Waals surface area contributed by atoms with Gasteiger partial charge < -0.3 is 9.72 Å². The van der Waals surface area contributed by atoms with Gasteiger partial charge in [0, 0.05) is 10.5 Å². The molecule has 2 fully saturated rings. The molecule has 5 nitrogen and oxygen atoms in total. The zero-order valence-corrected chi connectivity index (χ0v) is 17.8. The standard InChI is InChI=1S/C21H26BrN3O2/c1-12-9-17-15(12)10-18(25(17)20(26)27-21(2,3)4)19-23-11-16(24-19)13-5-7-14(22)8-6-13/h5-8,11-12,15,17-18H,9-10H2,1-4H3,(H,23,24). The fourth-order valence-corrected chi connectivity index (χ4v) is 4.59. The van der Waals surface area contributed by atoms with E-state index in [2.05, 4.69) is 32.8 Å². The van der Waals surface area contributed by atoms with Crippen molar-refractivity contribution in [2.75, 3.05) is 0 Å². The number of nitrogens with one attached hydrogen (secondary N) is 1. The summed E-state index contributed by atoms with van der Waals surface area (Å²) in [7, 11) is 0. The van der Waals surface area contributed by atoms with Crippen molar-refractivity contribution in [2.24, 2.45) is 11.8 Å². The minimum atomic E-state index is -0.499. The quantitative estimate of drug-likeness (QED) is 0.678. The van der Waals surface area contributed by atoms with Crippen LogP contribution in [0.5, 0.6) is 0 Å². The second-order valence-electron chi connectivity index (χ2n) is 8.77. The summed E-state index contributed by atoms with van der Waals surface area (Å²) in [6.45, 7) is 8.01. The van der Waals surface area contributed by atoms with Crippen LogP contribution in [0.4, 0.5) is 4.79 Å². The van der Waals surface area contributed by atoms with Gasteiger partial charge in [0.05, 0.1) is 17.9 Å². The first-order chi connectivity index (χ1) is 12.7. The van der Waals surface area contributed by atoms with Crippen LogP contribution in [-0.4, -0.2) is 32.6 Å². The molecule has 4 atom stereocenters. The number of nitrogens with zero attached hydrogens (tertiary/aromatic N) is 2. The van der Waals surface area contributed by atoms with Gasteiger partial charge in [-0.3, -0.25) is 4.90 Å². The summed E-state index contributed by atoms with van der Waals surface area (Å²) < 4.78 is 6.75. The molecule has 6 heteroatoms. The van der Waals surface area contributed by atoms with Gasteiger partial charge in [0.15, 0.2) is 0 Å². The van der Waals surface area contributed by atoms with Gasteiger partial charge in [0.1, 0.15) is 11.4 Å². The molecule has 1 aliphatic carbocycles. The van der Waals surface area contributed by atoms with Crippen LogP contribution < -0.4 is 0 Å². The van der Waals surface area contributed by atoms with Crippen molar-refractivity contribution < 1.29 is 9.53 Å². The van der Waals surface area contributed by atoms with Crippen molar-refractivity contribution in [3.8, 4) is 11.3 Å². The lowest BCUT2D eigenvalue weighted by molar-refractivity contribution is -0.00312. The summed E-state index contributed by atoms with van der Waals surface area (Å²) in [6.07, 6.45) is 3.61. The van der Waals surface area contributed by atoms with E-state index in [-0.39, 0.29) is 18.2 Å². The Bertz CT molecular complexity index is 840. The molecule has 4 rings (SSSR count). The predicted molar refractivity (Wildman–Crippen MR) is 108 cm³/mol. The Morgan fingerprint density at radius 2 is 1.96 bits per heavy atom. The number of imidazole rings is 1. The van der Waals surface area contributed by atoms with Crippen LogP contribution in [0.25, 0.3) is 11.3 Å². The third-order valence-electron chi connectivity index (χ3n) is 5.70. The molecule has 2 heterocycles. The number of benzene rings is 1. The molecule has 0 radical (unpaired) electrons. The van der Waals surface area contributed by atoms with E-state index in [4.69, 9.17) is 4.74 Å². The van der Waals surface area contributed by atoms with E-state index < -0.39 is 5.60 Å². The van der Waals surface area contributed by atoms with E-state index in [0.29, 0.717) is 11.8 Å². The van der Waals surface area contributed by atoms with Gasteiger partial charge in [-0.25, -0.2) is 9.78 Å². The smallest absolute Gasteiger partial charge is 0.411 e. The molecule has 1 aromatic heterocycles. The third-order valence-corrected chi connectivity index (χ3v) is 6.23. The molecule has 1 aliphatic heterocycles. The highest BCUT2D eigenvalue weighted by molar-refractivity contribution is 9.10. The maximum absolute atomic E-state index is 12.9. The number of carbonyl (C=O) groups excluding carboxylic acids is 1. The second kappa shape index (κ2) is 6.66. The maximum Gasteiger partial charge on any atom is 0.411 e. The van der Waals surface area contributed by atoms with Crippen LogP contribution in [0.1, 0.15) is 52.4 Å². The zero-order valence-electron chi connectivity index (χ0n) is 16.2. The number of hydrogen-bond acceptors (Lipinski definition) is 3. The fourth-order valence-electron chi connectivity index (χ4n) is 4.33. The van der Waals surface area contributed by atoms with Crippen molar-refractivity contribution in [1.82, 2.24) is 14.9 Å². The third kappa shape index (κ3) is 3.51. The summed E-state index contributed by atoms with van der Waals surface area (Å²) >= 11 is 3.47. The van der Waals surface area contributed by atoms with Crippen molar-refractivity contribution >= 4 is 22.0 Å². The molecule has 1 saturated heterocycles. The highest BCUT2D eigenvalue weighted by Gasteiger charge is 2.54. The number of rotatable bonds is 2. The molecule has 0 bridgehead atoms. The normalized spacial score (nSPS) is 27.2. The first-order valence-corrected chi connectivity index (χ1v) is 10.3. The molecule has 2 aliphatic rings. The van der Waals surface area contributed by atoms with Crippen molar-refractivity contribution in [1.29, 1.82) is 0 Å². The molecule has 27 heavy (non-hydrogen) atoms. The lowest BCUT2D eigenvalue weighted by Gasteiger charge is -2.42. The van der Waals surface area contributed by atoms with E-state index >= 15 is 0 Å². The van der Waals surface area contributed by atoms with Crippen LogP contribution >= 0.6 is 15.9 Å². The van der Waals surface area contributed by atoms with E-state index in [1.54, 1.807) is 0 Å². The Balaban J connectivity index is 1.61. The number of aromatic nitrogens is 2. The minimum Gasteiger partial charge on any atom is -0.444 e. The Morgan fingerprint density at radius 3 is 2.59 bits per heavy atom.